The summed E-state index contributed by atoms with van der Waals surface area (Å²) in [5, 5.41) is 0. The minimum atomic E-state index is 0.271. The zero-order valence-electron chi connectivity index (χ0n) is 10.9. The normalized spacial score (nSPS) is 11.1. The molecule has 0 bridgehead atoms. The summed E-state index contributed by atoms with van der Waals surface area (Å²) < 4.78 is 0. The number of thioether (sulfide) groups is 1. The van der Waals surface area contributed by atoms with Crippen molar-refractivity contribution in [2.45, 2.75) is 20.8 Å². The summed E-state index contributed by atoms with van der Waals surface area (Å²) in [6.45, 7) is 9.65. The van der Waals surface area contributed by atoms with Crippen molar-refractivity contribution < 1.29 is 4.79 Å². The van der Waals surface area contributed by atoms with E-state index in [-0.39, 0.29) is 5.78 Å². The average Bonchev–Trinajstić information content (AvgIpc) is 2.76. The zero-order chi connectivity index (χ0) is 12.7. The molecule has 0 unspecified atom stereocenters. The molecule has 0 aromatic carbocycles. The van der Waals surface area contributed by atoms with Gasteiger partial charge in [-0.05, 0) is 32.1 Å². The van der Waals surface area contributed by atoms with E-state index >= 15 is 0 Å². The molecule has 1 aromatic rings. The summed E-state index contributed by atoms with van der Waals surface area (Å²) in [4.78, 5) is 16.3. The first kappa shape index (κ1) is 14.7. The number of ketones is 1. The molecule has 1 heterocycles. The molecule has 0 fully saturated rings. The fraction of sp³-hybridized carbons (Fsp3) is 0.615. The van der Waals surface area contributed by atoms with Crippen LogP contribution in [0.5, 0.6) is 0 Å². The van der Waals surface area contributed by atoms with Gasteiger partial charge in [-0.1, -0.05) is 13.8 Å². The molecule has 0 aliphatic heterocycles. The van der Waals surface area contributed by atoms with E-state index in [1.165, 1.54) is 4.88 Å². The van der Waals surface area contributed by atoms with Gasteiger partial charge < -0.3 is 4.90 Å². The summed E-state index contributed by atoms with van der Waals surface area (Å²) in [5.41, 5.74) is 0. The predicted octanol–water partition coefficient (Wildman–Crippen LogP) is 3.31. The SMILES string of the molecule is CCN(CC)CCSCC(=O)c1ccc(C)s1. The molecular formula is C13H21NOS2. The minimum absolute atomic E-state index is 0.271. The Labute approximate surface area is 112 Å². The Balaban J connectivity index is 2.21. The van der Waals surface area contributed by atoms with Crippen LogP contribution in [0, 0.1) is 6.92 Å². The molecule has 1 aromatic heterocycles. The molecule has 0 saturated carbocycles. The molecular weight excluding hydrogens is 250 g/mol. The van der Waals surface area contributed by atoms with Gasteiger partial charge in [-0.3, -0.25) is 4.79 Å². The number of nitrogens with zero attached hydrogens (tertiary/aromatic N) is 1. The lowest BCUT2D eigenvalue weighted by molar-refractivity contribution is 0.102. The third-order valence-electron chi connectivity index (χ3n) is 2.69. The smallest absolute Gasteiger partial charge is 0.182 e. The second kappa shape index (κ2) is 7.90. The van der Waals surface area contributed by atoms with Crippen LogP contribution in [0.3, 0.4) is 0 Å². The highest BCUT2D eigenvalue weighted by Crippen LogP contribution is 2.17. The van der Waals surface area contributed by atoms with E-state index in [9.17, 15) is 4.79 Å². The molecule has 0 N–H and O–H groups in total. The van der Waals surface area contributed by atoms with Gasteiger partial charge in [-0.15, -0.1) is 11.3 Å². The van der Waals surface area contributed by atoms with E-state index in [1.54, 1.807) is 23.1 Å². The van der Waals surface area contributed by atoms with Gasteiger partial charge in [0.05, 0.1) is 10.6 Å². The topological polar surface area (TPSA) is 20.3 Å². The van der Waals surface area contributed by atoms with E-state index in [1.807, 2.05) is 19.1 Å². The van der Waals surface area contributed by atoms with Gasteiger partial charge in [0.2, 0.25) is 0 Å². The van der Waals surface area contributed by atoms with E-state index in [0.29, 0.717) is 5.75 Å². The molecule has 0 amide bonds. The van der Waals surface area contributed by atoms with Crippen LogP contribution in [0.4, 0.5) is 0 Å². The van der Waals surface area contributed by atoms with Crippen LogP contribution in [-0.2, 0) is 0 Å². The van der Waals surface area contributed by atoms with E-state index in [2.05, 4.69) is 18.7 Å². The van der Waals surface area contributed by atoms with Gasteiger partial charge in [0.1, 0.15) is 0 Å². The molecule has 0 aliphatic rings. The van der Waals surface area contributed by atoms with Crippen LogP contribution in [0.2, 0.25) is 0 Å². The summed E-state index contributed by atoms with van der Waals surface area (Å²) >= 11 is 3.34. The monoisotopic (exact) mass is 271 g/mol. The molecule has 17 heavy (non-hydrogen) atoms. The molecule has 0 atom stereocenters. The molecule has 2 nitrogen and oxygen atoms in total. The molecule has 1 rings (SSSR count). The number of carbonyl (C=O) groups is 1. The minimum Gasteiger partial charge on any atom is -0.303 e. The van der Waals surface area contributed by atoms with Crippen LogP contribution >= 0.6 is 23.1 Å². The van der Waals surface area contributed by atoms with Gasteiger partial charge in [0.15, 0.2) is 5.78 Å². The highest BCUT2D eigenvalue weighted by atomic mass is 32.2. The highest BCUT2D eigenvalue weighted by molar-refractivity contribution is 8.00. The van der Waals surface area contributed by atoms with Crippen molar-refractivity contribution >= 4 is 28.9 Å². The van der Waals surface area contributed by atoms with Crippen LogP contribution in [0.25, 0.3) is 0 Å². The summed E-state index contributed by atoms with van der Waals surface area (Å²) in [5.74, 6) is 1.92. The van der Waals surface area contributed by atoms with E-state index in [4.69, 9.17) is 0 Å². The largest absolute Gasteiger partial charge is 0.303 e. The Bertz CT molecular complexity index is 345. The van der Waals surface area contributed by atoms with E-state index < -0.39 is 0 Å². The number of thiophene rings is 1. The summed E-state index contributed by atoms with van der Waals surface area (Å²) in [6, 6.07) is 3.95. The average molecular weight is 271 g/mol. The molecule has 96 valence electrons. The summed E-state index contributed by atoms with van der Waals surface area (Å²) in [6.07, 6.45) is 0. The Hall–Kier alpha value is -0.320. The van der Waals surface area contributed by atoms with Crippen LogP contribution in [0.15, 0.2) is 12.1 Å². The molecule has 0 spiro atoms. The Morgan fingerprint density at radius 2 is 2.06 bits per heavy atom. The van der Waals surface area contributed by atoms with Crippen LogP contribution in [0.1, 0.15) is 28.4 Å². The standard InChI is InChI=1S/C13H21NOS2/c1-4-14(5-2)8-9-16-10-12(15)13-7-6-11(3)17-13/h6-7H,4-5,8-10H2,1-3H3. The molecule has 0 aliphatic carbocycles. The van der Waals surface area contributed by atoms with Crippen LogP contribution in [-0.4, -0.2) is 41.8 Å². The highest BCUT2D eigenvalue weighted by Gasteiger charge is 2.08. The summed E-state index contributed by atoms with van der Waals surface area (Å²) in [7, 11) is 0. The number of rotatable bonds is 8. The quantitative estimate of drug-likeness (QED) is 0.534. The fourth-order valence-corrected chi connectivity index (χ4v) is 3.32. The Morgan fingerprint density at radius 1 is 1.35 bits per heavy atom. The second-order valence-electron chi connectivity index (χ2n) is 3.91. The molecule has 4 heteroatoms. The van der Waals surface area contributed by atoms with Crippen molar-refractivity contribution in [3.63, 3.8) is 0 Å². The first-order valence-electron chi connectivity index (χ1n) is 6.07. The van der Waals surface area contributed by atoms with Gasteiger partial charge in [-0.2, -0.15) is 11.8 Å². The van der Waals surface area contributed by atoms with Gasteiger partial charge in [-0.25, -0.2) is 0 Å². The van der Waals surface area contributed by atoms with E-state index in [0.717, 1.165) is 30.3 Å². The number of Topliss-reactive ketones (excluding diaryl/α,β-unsaturated/α-hetero) is 1. The number of carbonyl (C=O) groups excluding carboxylic acids is 1. The van der Waals surface area contributed by atoms with Gasteiger partial charge in [0, 0.05) is 17.2 Å². The molecule has 0 radical (unpaired) electrons. The van der Waals surface area contributed by atoms with Gasteiger partial charge in [0.25, 0.3) is 0 Å². The zero-order valence-corrected chi connectivity index (χ0v) is 12.5. The Kier molecular flexibility index (Phi) is 6.85. The predicted molar refractivity (Wildman–Crippen MR) is 78.5 cm³/mol. The van der Waals surface area contributed by atoms with Crippen molar-refractivity contribution in [2.75, 3.05) is 31.1 Å². The maximum Gasteiger partial charge on any atom is 0.182 e. The lowest BCUT2D eigenvalue weighted by atomic mass is 10.3. The third kappa shape index (κ3) is 5.23. The first-order chi connectivity index (χ1) is 8.17. The number of hydrogen-bond donors (Lipinski definition) is 0. The lowest BCUT2D eigenvalue weighted by Crippen LogP contribution is -2.25. The first-order valence-corrected chi connectivity index (χ1v) is 8.04. The van der Waals surface area contributed by atoms with Crippen molar-refractivity contribution in [1.29, 1.82) is 0 Å². The van der Waals surface area contributed by atoms with Crippen molar-refractivity contribution in [2.24, 2.45) is 0 Å². The lowest BCUT2D eigenvalue weighted by Gasteiger charge is -2.16. The number of hydrogen-bond acceptors (Lipinski definition) is 4. The third-order valence-corrected chi connectivity index (χ3v) is 4.67. The maximum absolute atomic E-state index is 11.8. The Morgan fingerprint density at radius 3 is 2.59 bits per heavy atom. The number of aryl methyl sites for hydroxylation is 1. The second-order valence-corrected chi connectivity index (χ2v) is 6.31. The maximum atomic E-state index is 11.8. The van der Waals surface area contributed by atoms with Crippen LogP contribution < -0.4 is 0 Å². The van der Waals surface area contributed by atoms with Gasteiger partial charge >= 0.3 is 0 Å². The van der Waals surface area contributed by atoms with Crippen molar-refractivity contribution in [1.82, 2.24) is 4.90 Å². The van der Waals surface area contributed by atoms with Crippen molar-refractivity contribution in [3.05, 3.63) is 21.9 Å². The fourth-order valence-electron chi connectivity index (χ4n) is 1.55. The van der Waals surface area contributed by atoms with Crippen molar-refractivity contribution in [3.8, 4) is 0 Å². The molecule has 0 saturated heterocycles.